The monoisotopic (exact) mass is 312 g/mol. The Morgan fingerprint density at radius 2 is 1.48 bits per heavy atom. The number of aromatic nitrogens is 2. The van der Waals surface area contributed by atoms with Crippen molar-refractivity contribution in [3.8, 4) is 0 Å². The van der Waals surface area contributed by atoms with Crippen molar-refractivity contribution in [2.75, 3.05) is 26.2 Å². The average molecular weight is 312 g/mol. The molecular formula is C17H20N4O2. The van der Waals surface area contributed by atoms with E-state index in [0.717, 1.165) is 22.4 Å². The van der Waals surface area contributed by atoms with Crippen LogP contribution < -0.4 is 0 Å². The van der Waals surface area contributed by atoms with Crippen LogP contribution in [0.5, 0.6) is 0 Å². The fourth-order valence-electron chi connectivity index (χ4n) is 2.77. The topological polar surface area (TPSA) is 66.4 Å². The molecule has 23 heavy (non-hydrogen) atoms. The molecule has 1 saturated heterocycles. The van der Waals surface area contributed by atoms with Crippen molar-refractivity contribution in [1.29, 1.82) is 0 Å². The van der Waals surface area contributed by atoms with Crippen molar-refractivity contribution in [2.24, 2.45) is 0 Å². The highest BCUT2D eigenvalue weighted by Gasteiger charge is 2.23. The van der Waals surface area contributed by atoms with Gasteiger partial charge in [0.2, 0.25) is 5.91 Å². The Morgan fingerprint density at radius 3 is 2.09 bits per heavy atom. The molecule has 1 fully saturated rings. The van der Waals surface area contributed by atoms with Gasteiger partial charge in [-0.25, -0.2) is 9.97 Å². The Bertz CT molecular complexity index is 780. The van der Waals surface area contributed by atoms with Crippen molar-refractivity contribution in [3.63, 3.8) is 0 Å². The Labute approximate surface area is 135 Å². The number of hydrogen-bond donors (Lipinski definition) is 0. The number of benzene rings is 1. The summed E-state index contributed by atoms with van der Waals surface area (Å²) in [4.78, 5) is 36.6. The number of carbonyl (C=O) groups excluding carboxylic acids is 2. The van der Waals surface area contributed by atoms with Crippen molar-refractivity contribution < 1.29 is 9.59 Å². The third kappa shape index (κ3) is 3.02. The maximum atomic E-state index is 12.6. The fourth-order valence-corrected chi connectivity index (χ4v) is 2.77. The molecule has 2 aromatic rings. The molecule has 0 atom stereocenters. The van der Waals surface area contributed by atoms with E-state index >= 15 is 0 Å². The molecule has 2 amide bonds. The number of fused-ring (bicyclic) bond motifs is 1. The molecule has 120 valence electrons. The number of nitrogens with zero attached hydrogens (tertiary/aromatic N) is 4. The van der Waals surface area contributed by atoms with Crippen molar-refractivity contribution >= 4 is 22.8 Å². The summed E-state index contributed by atoms with van der Waals surface area (Å²) in [5.74, 6) is 0.0408. The first-order valence-corrected chi connectivity index (χ1v) is 7.75. The van der Waals surface area contributed by atoms with Gasteiger partial charge >= 0.3 is 0 Å². The van der Waals surface area contributed by atoms with Gasteiger partial charge in [-0.2, -0.15) is 0 Å². The van der Waals surface area contributed by atoms with Crippen LogP contribution in [0.4, 0.5) is 0 Å². The largest absolute Gasteiger partial charge is 0.339 e. The zero-order chi connectivity index (χ0) is 16.6. The predicted molar refractivity (Wildman–Crippen MR) is 87.2 cm³/mol. The first kappa shape index (κ1) is 15.4. The second kappa shape index (κ2) is 5.95. The summed E-state index contributed by atoms with van der Waals surface area (Å²) in [7, 11) is 0. The normalized spacial score (nSPS) is 15.1. The first-order chi connectivity index (χ1) is 11.0. The van der Waals surface area contributed by atoms with Gasteiger partial charge in [0, 0.05) is 38.7 Å². The molecule has 0 N–H and O–H groups in total. The maximum Gasteiger partial charge on any atom is 0.254 e. The van der Waals surface area contributed by atoms with Crippen molar-refractivity contribution in [2.45, 2.75) is 20.8 Å². The van der Waals surface area contributed by atoms with Crippen LogP contribution in [-0.2, 0) is 4.79 Å². The predicted octanol–water partition coefficient (Wildman–Crippen LogP) is 1.55. The molecule has 0 spiro atoms. The van der Waals surface area contributed by atoms with Crippen LogP contribution in [0.15, 0.2) is 18.2 Å². The van der Waals surface area contributed by atoms with Crippen LogP contribution in [-0.4, -0.2) is 57.8 Å². The third-order valence-electron chi connectivity index (χ3n) is 4.33. The maximum absolute atomic E-state index is 12.6. The lowest BCUT2D eigenvalue weighted by Crippen LogP contribution is -2.50. The molecule has 0 unspecified atom stereocenters. The molecule has 6 heteroatoms. The molecule has 1 aliphatic heterocycles. The lowest BCUT2D eigenvalue weighted by atomic mass is 10.1. The molecule has 0 bridgehead atoms. The molecule has 1 aromatic heterocycles. The van der Waals surface area contributed by atoms with Gasteiger partial charge in [-0.3, -0.25) is 9.59 Å². The highest BCUT2D eigenvalue weighted by molar-refractivity contribution is 5.97. The number of amides is 2. The Kier molecular flexibility index (Phi) is 3.98. The highest BCUT2D eigenvalue weighted by Crippen LogP contribution is 2.16. The lowest BCUT2D eigenvalue weighted by molar-refractivity contribution is -0.130. The third-order valence-corrected chi connectivity index (χ3v) is 4.33. The lowest BCUT2D eigenvalue weighted by Gasteiger charge is -2.34. The van der Waals surface area contributed by atoms with Crippen LogP contribution >= 0.6 is 0 Å². The minimum atomic E-state index is -0.0184. The Balaban J connectivity index is 1.81. The fraction of sp³-hybridized carbons (Fsp3) is 0.412. The minimum absolute atomic E-state index is 0.0184. The summed E-state index contributed by atoms with van der Waals surface area (Å²) in [6, 6.07) is 5.44. The summed E-state index contributed by atoms with van der Waals surface area (Å²) in [6.45, 7) is 7.71. The molecule has 1 aliphatic rings. The second-order valence-electron chi connectivity index (χ2n) is 5.90. The number of rotatable bonds is 1. The van der Waals surface area contributed by atoms with Crippen LogP contribution in [0.25, 0.3) is 11.0 Å². The van der Waals surface area contributed by atoms with Crippen LogP contribution in [0.3, 0.4) is 0 Å². The SMILES string of the molecule is CC(=O)N1CCN(C(=O)c2ccc3nc(C)c(C)nc3c2)CC1. The number of carbonyl (C=O) groups is 2. The molecule has 6 nitrogen and oxygen atoms in total. The van der Waals surface area contributed by atoms with Crippen LogP contribution in [0.1, 0.15) is 28.7 Å². The van der Waals surface area contributed by atoms with E-state index in [-0.39, 0.29) is 11.8 Å². The summed E-state index contributed by atoms with van der Waals surface area (Å²) < 4.78 is 0. The molecule has 0 aliphatic carbocycles. The summed E-state index contributed by atoms with van der Waals surface area (Å²) in [6.07, 6.45) is 0. The van der Waals surface area contributed by atoms with E-state index in [2.05, 4.69) is 9.97 Å². The Morgan fingerprint density at radius 1 is 0.913 bits per heavy atom. The van der Waals surface area contributed by atoms with Crippen LogP contribution in [0, 0.1) is 13.8 Å². The van der Waals surface area contributed by atoms with E-state index in [1.807, 2.05) is 19.9 Å². The van der Waals surface area contributed by atoms with Gasteiger partial charge in [-0.15, -0.1) is 0 Å². The van der Waals surface area contributed by atoms with Crippen molar-refractivity contribution in [3.05, 3.63) is 35.2 Å². The smallest absolute Gasteiger partial charge is 0.254 e. The summed E-state index contributed by atoms with van der Waals surface area (Å²) in [5, 5.41) is 0. The zero-order valence-electron chi connectivity index (χ0n) is 13.7. The first-order valence-electron chi connectivity index (χ1n) is 7.75. The minimum Gasteiger partial charge on any atom is -0.339 e. The summed E-state index contributed by atoms with van der Waals surface area (Å²) in [5.41, 5.74) is 3.92. The number of hydrogen-bond acceptors (Lipinski definition) is 4. The second-order valence-corrected chi connectivity index (χ2v) is 5.90. The zero-order valence-corrected chi connectivity index (χ0v) is 13.7. The molecule has 0 radical (unpaired) electrons. The van der Waals surface area contributed by atoms with Gasteiger partial charge in [0.05, 0.1) is 22.4 Å². The average Bonchev–Trinajstić information content (AvgIpc) is 2.55. The van der Waals surface area contributed by atoms with E-state index in [9.17, 15) is 9.59 Å². The van der Waals surface area contributed by atoms with E-state index in [1.165, 1.54) is 0 Å². The van der Waals surface area contributed by atoms with E-state index in [1.54, 1.807) is 28.9 Å². The van der Waals surface area contributed by atoms with Gasteiger partial charge in [0.25, 0.3) is 5.91 Å². The summed E-state index contributed by atoms with van der Waals surface area (Å²) >= 11 is 0. The number of piperazine rings is 1. The molecule has 3 rings (SSSR count). The molecule has 1 aromatic carbocycles. The van der Waals surface area contributed by atoms with E-state index in [4.69, 9.17) is 0 Å². The van der Waals surface area contributed by atoms with Gasteiger partial charge in [0.1, 0.15) is 0 Å². The van der Waals surface area contributed by atoms with Gasteiger partial charge in [-0.05, 0) is 32.0 Å². The highest BCUT2D eigenvalue weighted by atomic mass is 16.2. The van der Waals surface area contributed by atoms with Crippen molar-refractivity contribution in [1.82, 2.24) is 19.8 Å². The van der Waals surface area contributed by atoms with Gasteiger partial charge in [-0.1, -0.05) is 0 Å². The van der Waals surface area contributed by atoms with E-state index in [0.29, 0.717) is 31.7 Å². The quantitative estimate of drug-likeness (QED) is 0.801. The molecule has 2 heterocycles. The molecule has 0 saturated carbocycles. The van der Waals surface area contributed by atoms with E-state index < -0.39 is 0 Å². The van der Waals surface area contributed by atoms with Gasteiger partial charge in [0.15, 0.2) is 0 Å². The standard InChI is InChI=1S/C17H20N4O2/c1-11-12(2)19-16-10-14(4-5-15(16)18-11)17(23)21-8-6-20(7-9-21)13(3)22/h4-5,10H,6-9H2,1-3H3. The van der Waals surface area contributed by atoms with Gasteiger partial charge < -0.3 is 9.80 Å². The molecular weight excluding hydrogens is 292 g/mol. The Hall–Kier alpha value is -2.50. The number of aryl methyl sites for hydroxylation is 2. The van der Waals surface area contributed by atoms with Crippen LogP contribution in [0.2, 0.25) is 0 Å².